The lowest BCUT2D eigenvalue weighted by atomic mass is 10.1. The van der Waals surface area contributed by atoms with Gasteiger partial charge in [-0.05, 0) is 30.3 Å². The van der Waals surface area contributed by atoms with Crippen molar-refractivity contribution in [2.75, 3.05) is 11.1 Å². The van der Waals surface area contributed by atoms with E-state index in [0.29, 0.717) is 11.4 Å². The zero-order valence-corrected chi connectivity index (χ0v) is 11.0. The minimum Gasteiger partial charge on any atom is -0.398 e. The number of nitrogens with zero attached hydrogens (tertiary/aromatic N) is 2. The van der Waals surface area contributed by atoms with Crippen molar-refractivity contribution in [2.24, 2.45) is 0 Å². The van der Waals surface area contributed by atoms with Gasteiger partial charge in [0.1, 0.15) is 17.4 Å². The summed E-state index contributed by atoms with van der Waals surface area (Å²) in [6.45, 7) is 0. The monoisotopic (exact) mass is 278 g/mol. The van der Waals surface area contributed by atoms with E-state index in [1.165, 1.54) is 6.07 Å². The van der Waals surface area contributed by atoms with Gasteiger partial charge in [-0.1, -0.05) is 6.07 Å². The van der Waals surface area contributed by atoms with E-state index < -0.39 is 5.82 Å². The van der Waals surface area contributed by atoms with E-state index in [-0.39, 0.29) is 5.56 Å². The second-order valence-electron chi connectivity index (χ2n) is 4.52. The second-order valence-corrected chi connectivity index (χ2v) is 4.52. The maximum Gasteiger partial charge on any atom is 0.143 e. The molecule has 0 saturated heterocycles. The van der Waals surface area contributed by atoms with Gasteiger partial charge >= 0.3 is 0 Å². The molecule has 0 fully saturated rings. The first-order valence-electron chi connectivity index (χ1n) is 6.28. The Labute approximate surface area is 120 Å². The van der Waals surface area contributed by atoms with Crippen LogP contribution in [-0.2, 0) is 0 Å². The summed E-state index contributed by atoms with van der Waals surface area (Å²) in [5.74, 6) is -0.555. The molecule has 0 unspecified atom stereocenters. The summed E-state index contributed by atoms with van der Waals surface area (Å²) in [5, 5.41) is 13.8. The fourth-order valence-electron chi connectivity index (χ4n) is 2.21. The number of aromatic nitrogens is 1. The molecule has 3 N–H and O–H groups in total. The molecule has 1 aromatic heterocycles. The maximum atomic E-state index is 13.6. The van der Waals surface area contributed by atoms with Crippen LogP contribution >= 0.6 is 0 Å². The Morgan fingerprint density at radius 1 is 1.10 bits per heavy atom. The van der Waals surface area contributed by atoms with Crippen molar-refractivity contribution in [1.82, 2.24) is 4.98 Å². The number of benzene rings is 2. The van der Waals surface area contributed by atoms with E-state index in [4.69, 9.17) is 11.0 Å². The highest BCUT2D eigenvalue weighted by Gasteiger charge is 2.10. The first kappa shape index (κ1) is 12.9. The van der Waals surface area contributed by atoms with Gasteiger partial charge in [-0.15, -0.1) is 0 Å². The number of nitriles is 1. The number of fused-ring (bicyclic) bond motifs is 1. The Hall–Kier alpha value is -3.13. The van der Waals surface area contributed by atoms with E-state index in [1.807, 2.05) is 12.1 Å². The molecule has 0 aliphatic heterocycles. The molecule has 4 nitrogen and oxygen atoms in total. The highest BCUT2D eigenvalue weighted by atomic mass is 19.1. The van der Waals surface area contributed by atoms with Crippen molar-refractivity contribution in [1.29, 1.82) is 5.26 Å². The predicted molar refractivity (Wildman–Crippen MR) is 80.6 cm³/mol. The zero-order valence-electron chi connectivity index (χ0n) is 11.0. The minimum atomic E-state index is -0.555. The van der Waals surface area contributed by atoms with Gasteiger partial charge in [0, 0.05) is 34.5 Å². The Balaban J connectivity index is 2.14. The van der Waals surface area contributed by atoms with Crippen molar-refractivity contribution in [3.05, 3.63) is 60.2 Å². The summed E-state index contributed by atoms with van der Waals surface area (Å²) in [6, 6.07) is 11.7. The van der Waals surface area contributed by atoms with Gasteiger partial charge in [0.2, 0.25) is 0 Å². The molecule has 5 heteroatoms. The summed E-state index contributed by atoms with van der Waals surface area (Å²) in [7, 11) is 0. The van der Waals surface area contributed by atoms with Crippen LogP contribution in [0.2, 0.25) is 0 Å². The summed E-state index contributed by atoms with van der Waals surface area (Å²) >= 11 is 0. The van der Waals surface area contributed by atoms with Crippen molar-refractivity contribution in [2.45, 2.75) is 0 Å². The lowest BCUT2D eigenvalue weighted by molar-refractivity contribution is 0.624. The van der Waals surface area contributed by atoms with Crippen LogP contribution in [0.1, 0.15) is 5.56 Å². The smallest absolute Gasteiger partial charge is 0.143 e. The molecule has 0 radical (unpaired) electrons. The van der Waals surface area contributed by atoms with Crippen LogP contribution in [0, 0.1) is 17.1 Å². The van der Waals surface area contributed by atoms with Gasteiger partial charge in [0.15, 0.2) is 0 Å². The molecule has 3 rings (SSSR count). The fraction of sp³-hybridized carbons (Fsp3) is 0. The highest BCUT2D eigenvalue weighted by Crippen LogP contribution is 2.31. The first-order valence-corrected chi connectivity index (χ1v) is 6.28. The van der Waals surface area contributed by atoms with Crippen LogP contribution in [0.5, 0.6) is 0 Å². The molecule has 1 heterocycles. The fourth-order valence-corrected chi connectivity index (χ4v) is 2.21. The second kappa shape index (κ2) is 5.10. The van der Waals surface area contributed by atoms with E-state index >= 15 is 0 Å². The van der Waals surface area contributed by atoms with Crippen molar-refractivity contribution < 1.29 is 4.39 Å². The molecule has 3 aromatic rings. The number of hydrogen-bond acceptors (Lipinski definition) is 4. The van der Waals surface area contributed by atoms with Gasteiger partial charge in [-0.25, -0.2) is 4.39 Å². The lowest BCUT2D eigenvalue weighted by Crippen LogP contribution is -1.98. The summed E-state index contributed by atoms with van der Waals surface area (Å²) < 4.78 is 13.6. The Morgan fingerprint density at radius 3 is 2.76 bits per heavy atom. The maximum absolute atomic E-state index is 13.6. The molecular weight excluding hydrogens is 267 g/mol. The Morgan fingerprint density at radius 2 is 1.95 bits per heavy atom. The van der Waals surface area contributed by atoms with Crippen molar-refractivity contribution in [3.63, 3.8) is 0 Å². The number of anilines is 3. The third-order valence-electron chi connectivity index (χ3n) is 3.25. The predicted octanol–water partition coefficient (Wildman–Crippen LogP) is 3.57. The van der Waals surface area contributed by atoms with Crippen molar-refractivity contribution in [3.8, 4) is 6.07 Å². The first-order chi connectivity index (χ1) is 10.2. The molecule has 0 amide bonds. The molecular formula is C16H11FN4. The highest BCUT2D eigenvalue weighted by molar-refractivity contribution is 6.01. The normalized spacial score (nSPS) is 10.3. The SMILES string of the molecule is N#Cc1c(F)cccc1Nc1ccc(N)c2ccncc12. The third-order valence-corrected chi connectivity index (χ3v) is 3.25. The Bertz CT molecular complexity index is 868. The minimum absolute atomic E-state index is 0.0219. The van der Waals surface area contributed by atoms with Gasteiger partial charge in [0.05, 0.1) is 5.69 Å². The molecule has 0 aliphatic rings. The van der Waals surface area contributed by atoms with E-state index in [1.54, 1.807) is 36.7 Å². The number of nitrogens with two attached hydrogens (primary N) is 1. The van der Waals surface area contributed by atoms with Gasteiger partial charge in [-0.2, -0.15) is 5.26 Å². The molecule has 0 atom stereocenters. The number of halogens is 1. The number of rotatable bonds is 2. The van der Waals surface area contributed by atoms with Crippen LogP contribution in [0.3, 0.4) is 0 Å². The van der Waals surface area contributed by atoms with E-state index in [2.05, 4.69) is 10.3 Å². The van der Waals surface area contributed by atoms with Crippen LogP contribution in [-0.4, -0.2) is 4.98 Å². The average Bonchev–Trinajstić information content (AvgIpc) is 2.51. The number of nitrogens with one attached hydrogen (secondary N) is 1. The van der Waals surface area contributed by atoms with Gasteiger partial charge in [0.25, 0.3) is 0 Å². The van der Waals surface area contributed by atoms with E-state index in [9.17, 15) is 4.39 Å². The van der Waals surface area contributed by atoms with Gasteiger partial charge in [-0.3, -0.25) is 4.98 Å². The number of nitrogen functional groups attached to an aromatic ring is 1. The summed E-state index contributed by atoms with van der Waals surface area (Å²) in [5.41, 5.74) is 7.67. The molecule has 21 heavy (non-hydrogen) atoms. The van der Waals surface area contributed by atoms with Crippen LogP contribution in [0.25, 0.3) is 10.8 Å². The molecule has 2 aromatic carbocycles. The molecule has 0 bridgehead atoms. The molecule has 0 aliphatic carbocycles. The molecule has 0 saturated carbocycles. The lowest BCUT2D eigenvalue weighted by Gasteiger charge is -2.12. The zero-order chi connectivity index (χ0) is 14.8. The number of pyridine rings is 1. The third kappa shape index (κ3) is 2.23. The number of hydrogen-bond donors (Lipinski definition) is 2. The largest absolute Gasteiger partial charge is 0.398 e. The van der Waals surface area contributed by atoms with Gasteiger partial charge < -0.3 is 11.1 Å². The van der Waals surface area contributed by atoms with Crippen LogP contribution in [0.4, 0.5) is 21.5 Å². The Kier molecular flexibility index (Phi) is 3.13. The average molecular weight is 278 g/mol. The van der Waals surface area contributed by atoms with Crippen molar-refractivity contribution >= 4 is 27.8 Å². The van der Waals surface area contributed by atoms with Crippen LogP contribution in [0.15, 0.2) is 48.8 Å². The summed E-state index contributed by atoms with van der Waals surface area (Å²) in [6.07, 6.45) is 3.34. The topological polar surface area (TPSA) is 74.7 Å². The quantitative estimate of drug-likeness (QED) is 0.703. The summed E-state index contributed by atoms with van der Waals surface area (Å²) in [4.78, 5) is 4.08. The van der Waals surface area contributed by atoms with E-state index in [0.717, 1.165) is 16.5 Å². The standard InChI is InChI=1S/C16H11FN4/c17-13-2-1-3-15(11(13)8-18)21-16-5-4-14(19)10-6-7-20-9-12(10)16/h1-7,9,21H,19H2. The molecule has 102 valence electrons. The molecule has 0 spiro atoms. The van der Waals surface area contributed by atoms with Crippen LogP contribution < -0.4 is 11.1 Å².